The first kappa shape index (κ1) is 28.3. The maximum atomic E-state index is 11.2. The topological polar surface area (TPSA) is 154 Å². The third-order valence-corrected chi connectivity index (χ3v) is 3.18. The van der Waals surface area contributed by atoms with Crippen LogP contribution in [0.1, 0.15) is 11.3 Å². The summed E-state index contributed by atoms with van der Waals surface area (Å²) in [4.78, 5) is 33.0. The standard InChI is InChI=1S/C12H15N5O.2C2HF3O2/c1-16-9-14-6-11(16)8-17-4-2-3-10(7-17)5-12(18)15-13;2*3-2(4,5)1(6)7/h2-4,6-7,9H,5,8,13H2,1H3;2*(H,6,7). The molecule has 10 nitrogen and oxygen atoms in total. The number of hydrogen-bond donors (Lipinski definition) is 3. The minimum Gasteiger partial charge on any atom is -0.542 e. The van der Waals surface area contributed by atoms with Crippen LogP contribution in [-0.4, -0.2) is 44.9 Å². The van der Waals surface area contributed by atoms with Crippen LogP contribution < -0.4 is 20.9 Å². The van der Waals surface area contributed by atoms with Crippen LogP contribution in [0.5, 0.6) is 0 Å². The highest BCUT2D eigenvalue weighted by atomic mass is 19.4. The van der Waals surface area contributed by atoms with E-state index in [1.807, 2.05) is 46.9 Å². The number of halogens is 6. The van der Waals surface area contributed by atoms with Crippen molar-refractivity contribution in [3.05, 3.63) is 48.3 Å². The lowest BCUT2D eigenvalue weighted by molar-refractivity contribution is -0.689. The van der Waals surface area contributed by atoms with E-state index in [0.717, 1.165) is 11.3 Å². The Morgan fingerprint density at radius 1 is 1.22 bits per heavy atom. The number of aryl methyl sites for hydroxylation is 1. The molecule has 1 amide bonds. The number of carboxylic acids is 2. The summed E-state index contributed by atoms with van der Waals surface area (Å²) in [6.45, 7) is 0.717. The van der Waals surface area contributed by atoms with Crippen LogP contribution in [0.25, 0.3) is 0 Å². The van der Waals surface area contributed by atoms with Gasteiger partial charge in [0.05, 0.1) is 18.9 Å². The van der Waals surface area contributed by atoms with Gasteiger partial charge in [-0.25, -0.2) is 15.6 Å². The quantitative estimate of drug-likeness (QED) is 0.173. The number of alkyl halides is 6. The minimum absolute atomic E-state index is 0.201. The number of amides is 1. The van der Waals surface area contributed by atoms with Crippen LogP contribution in [0.4, 0.5) is 26.3 Å². The Labute approximate surface area is 175 Å². The second-order valence-electron chi connectivity index (χ2n) is 5.71. The molecule has 0 aromatic carbocycles. The summed E-state index contributed by atoms with van der Waals surface area (Å²) < 4.78 is 67.3. The molecule has 0 saturated carbocycles. The molecule has 16 heteroatoms. The Morgan fingerprint density at radius 2 is 1.75 bits per heavy atom. The Kier molecular flexibility index (Phi) is 10.8. The van der Waals surface area contributed by atoms with E-state index in [1.165, 1.54) is 0 Å². The summed E-state index contributed by atoms with van der Waals surface area (Å²) >= 11 is 0. The van der Waals surface area contributed by atoms with Crippen molar-refractivity contribution in [1.82, 2.24) is 15.0 Å². The van der Waals surface area contributed by atoms with Gasteiger partial charge in [-0.1, -0.05) is 0 Å². The largest absolute Gasteiger partial charge is 0.542 e. The van der Waals surface area contributed by atoms with E-state index in [1.54, 1.807) is 6.33 Å². The fraction of sp³-hybridized carbons (Fsp3) is 0.312. The molecule has 2 heterocycles. The van der Waals surface area contributed by atoms with Gasteiger partial charge in [0.2, 0.25) is 5.91 Å². The summed E-state index contributed by atoms with van der Waals surface area (Å²) in [5.41, 5.74) is 4.14. The van der Waals surface area contributed by atoms with Gasteiger partial charge in [-0.05, 0) is 6.07 Å². The number of carbonyl (C=O) groups excluding carboxylic acids is 2. The van der Waals surface area contributed by atoms with Gasteiger partial charge in [-0.2, -0.15) is 30.9 Å². The molecule has 0 aliphatic heterocycles. The molecule has 0 aliphatic rings. The summed E-state index contributed by atoms with van der Waals surface area (Å²) in [5, 5.41) is 15.9. The van der Waals surface area contributed by atoms with Crippen LogP contribution >= 0.6 is 0 Å². The molecule has 0 bridgehead atoms. The number of rotatable bonds is 4. The molecular formula is C16H17F6N5O5. The number of imidazole rings is 1. The van der Waals surface area contributed by atoms with Crippen molar-refractivity contribution in [2.45, 2.75) is 25.3 Å². The maximum Gasteiger partial charge on any atom is 0.490 e. The molecular weight excluding hydrogens is 456 g/mol. The van der Waals surface area contributed by atoms with Gasteiger partial charge < -0.3 is 19.6 Å². The molecule has 2 aromatic heterocycles. The first-order valence-corrected chi connectivity index (χ1v) is 8.08. The van der Waals surface area contributed by atoms with Gasteiger partial charge in [0.25, 0.3) is 0 Å². The predicted octanol–water partition coefficient (Wildman–Crippen LogP) is -0.780. The third-order valence-electron chi connectivity index (χ3n) is 3.18. The van der Waals surface area contributed by atoms with Crippen LogP contribution in [0.15, 0.2) is 37.1 Å². The zero-order chi connectivity index (χ0) is 25.1. The van der Waals surface area contributed by atoms with Gasteiger partial charge >= 0.3 is 18.3 Å². The molecule has 0 radical (unpaired) electrons. The second kappa shape index (κ2) is 12.2. The van der Waals surface area contributed by atoms with E-state index in [4.69, 9.17) is 25.6 Å². The smallest absolute Gasteiger partial charge is 0.490 e. The van der Waals surface area contributed by atoms with Gasteiger partial charge in [-0.15, -0.1) is 0 Å². The number of pyridine rings is 1. The van der Waals surface area contributed by atoms with Crippen molar-refractivity contribution in [3.8, 4) is 0 Å². The predicted molar refractivity (Wildman–Crippen MR) is 89.7 cm³/mol. The lowest BCUT2D eigenvalue weighted by Crippen LogP contribution is -2.37. The summed E-state index contributed by atoms with van der Waals surface area (Å²) in [7, 11) is 1.95. The van der Waals surface area contributed by atoms with Crippen LogP contribution in [0.3, 0.4) is 0 Å². The summed E-state index contributed by atoms with van der Waals surface area (Å²) in [6, 6.07) is 3.81. The highest BCUT2D eigenvalue weighted by Crippen LogP contribution is 2.13. The van der Waals surface area contributed by atoms with Crippen LogP contribution in [0.2, 0.25) is 0 Å². The molecule has 0 saturated heterocycles. The van der Waals surface area contributed by atoms with E-state index in [-0.39, 0.29) is 12.3 Å². The molecule has 2 aromatic rings. The van der Waals surface area contributed by atoms with E-state index < -0.39 is 24.3 Å². The average molecular weight is 473 g/mol. The van der Waals surface area contributed by atoms with Crippen molar-refractivity contribution in [1.29, 1.82) is 0 Å². The van der Waals surface area contributed by atoms with Crippen LogP contribution in [-0.2, 0) is 34.4 Å². The molecule has 2 rings (SSSR count). The number of carbonyl (C=O) groups is 3. The van der Waals surface area contributed by atoms with Crippen molar-refractivity contribution in [3.63, 3.8) is 0 Å². The number of carboxylic acid groups (broad SMARTS) is 2. The monoisotopic (exact) mass is 473 g/mol. The minimum atomic E-state index is -5.19. The Bertz CT molecular complexity index is 889. The highest BCUT2D eigenvalue weighted by molar-refractivity contribution is 5.77. The lowest BCUT2D eigenvalue weighted by atomic mass is 10.2. The molecule has 0 aliphatic carbocycles. The fourth-order valence-electron chi connectivity index (χ4n) is 1.74. The summed E-state index contributed by atoms with van der Waals surface area (Å²) in [5.74, 6) is -0.895. The number of aliphatic carboxylic acids is 2. The second-order valence-corrected chi connectivity index (χ2v) is 5.71. The zero-order valence-corrected chi connectivity index (χ0v) is 16.1. The molecule has 178 valence electrons. The Morgan fingerprint density at radius 3 is 2.12 bits per heavy atom. The molecule has 0 unspecified atom stereocenters. The van der Waals surface area contributed by atoms with E-state index in [0.29, 0.717) is 6.54 Å². The number of aromatic nitrogens is 3. The van der Waals surface area contributed by atoms with E-state index >= 15 is 0 Å². The van der Waals surface area contributed by atoms with Crippen LogP contribution in [0, 0.1) is 0 Å². The van der Waals surface area contributed by atoms with Crippen molar-refractivity contribution >= 4 is 17.8 Å². The van der Waals surface area contributed by atoms with Gasteiger partial charge in [0.15, 0.2) is 18.9 Å². The zero-order valence-electron chi connectivity index (χ0n) is 16.1. The molecule has 32 heavy (non-hydrogen) atoms. The number of hydrogen-bond acceptors (Lipinski definition) is 6. The molecule has 0 spiro atoms. The lowest BCUT2D eigenvalue weighted by Gasteiger charge is -2.03. The summed E-state index contributed by atoms with van der Waals surface area (Å²) in [6.07, 6.45) is -2.52. The number of nitrogens with two attached hydrogens (primary N) is 1. The Hall–Kier alpha value is -3.69. The number of hydrazine groups is 1. The highest BCUT2D eigenvalue weighted by Gasteiger charge is 2.38. The van der Waals surface area contributed by atoms with Gasteiger partial charge in [-0.3, -0.25) is 10.2 Å². The maximum absolute atomic E-state index is 11.2. The van der Waals surface area contributed by atoms with E-state index in [2.05, 4.69) is 10.4 Å². The fourth-order valence-corrected chi connectivity index (χ4v) is 1.74. The normalized spacial score (nSPS) is 10.8. The third kappa shape index (κ3) is 11.5. The Balaban J connectivity index is 0.000000570. The average Bonchev–Trinajstić information content (AvgIpc) is 3.06. The molecule has 4 N–H and O–H groups in total. The van der Waals surface area contributed by atoms with Crippen molar-refractivity contribution < 1.29 is 55.5 Å². The first-order chi connectivity index (χ1) is 14.6. The van der Waals surface area contributed by atoms with E-state index in [9.17, 15) is 31.1 Å². The van der Waals surface area contributed by atoms with Crippen molar-refractivity contribution in [2.75, 3.05) is 0 Å². The number of nitrogens with zero attached hydrogens (tertiary/aromatic N) is 3. The first-order valence-electron chi connectivity index (χ1n) is 8.08. The molecule has 0 atom stereocenters. The van der Waals surface area contributed by atoms with Crippen molar-refractivity contribution in [2.24, 2.45) is 12.9 Å². The molecule has 0 fully saturated rings. The van der Waals surface area contributed by atoms with Gasteiger partial charge in [0, 0.05) is 18.7 Å². The number of nitrogens with one attached hydrogen (secondary N) is 1. The SMILES string of the molecule is Cn1cncc1C[n+]1cccc(CC(=O)NN)c1.O=C(O)C(F)(F)F.O=C([O-])C(F)(F)F. The van der Waals surface area contributed by atoms with Gasteiger partial charge in [0.1, 0.15) is 11.7 Å².